The van der Waals surface area contributed by atoms with Crippen molar-refractivity contribution >= 4 is 11.9 Å². The van der Waals surface area contributed by atoms with Crippen molar-refractivity contribution in [2.45, 2.75) is 12.2 Å². The van der Waals surface area contributed by atoms with Crippen LogP contribution in [0.25, 0.3) is 0 Å². The van der Waals surface area contributed by atoms with Crippen LogP contribution >= 0.6 is 0 Å². The number of carbonyl (C=O) groups is 2. The van der Waals surface area contributed by atoms with Crippen LogP contribution in [0, 0.1) is 0 Å². The van der Waals surface area contributed by atoms with E-state index < -0.39 is 24.1 Å². The molecule has 0 saturated carbocycles. The van der Waals surface area contributed by atoms with Crippen molar-refractivity contribution < 1.29 is 59.6 Å². The van der Waals surface area contributed by atoms with Crippen molar-refractivity contribution in [3.8, 4) is 0 Å². The predicted octanol–water partition coefficient (Wildman–Crippen LogP) is -6.45. The molecule has 0 aromatic rings. The molecule has 7 heteroatoms. The van der Waals surface area contributed by atoms with Crippen LogP contribution in [0.4, 0.5) is 0 Å². The predicted molar refractivity (Wildman–Crippen MR) is 24.7 cm³/mol. The Bertz CT molecular complexity index is 139. The zero-order valence-electron chi connectivity index (χ0n) is 5.72. The van der Waals surface area contributed by atoms with Crippen LogP contribution in [0.2, 0.25) is 0 Å². The smallest absolute Gasteiger partial charge is 0.547 e. The van der Waals surface area contributed by atoms with E-state index in [2.05, 4.69) is 0 Å². The molecule has 3 N–H and O–H groups in total. The average Bonchev–Trinajstić information content (AvgIpc) is 1.84. The first kappa shape index (κ1) is 13.4. The summed E-state index contributed by atoms with van der Waals surface area (Å²) >= 11 is 0. The molecule has 0 aliphatic rings. The molecule has 0 amide bonds. The number of carbonyl (C=O) groups excluding carboxylic acids is 1. The Kier molecular flexibility index (Phi) is 6.73. The second kappa shape index (κ2) is 5.50. The van der Waals surface area contributed by atoms with Gasteiger partial charge in [-0.15, -0.1) is 0 Å². The molecule has 0 rings (SSSR count). The Morgan fingerprint density at radius 3 is 1.64 bits per heavy atom. The van der Waals surface area contributed by atoms with Crippen LogP contribution in [0.15, 0.2) is 0 Å². The number of aliphatic hydroxyl groups excluding tert-OH is 2. The molecule has 0 heterocycles. The van der Waals surface area contributed by atoms with Crippen molar-refractivity contribution in [3.05, 3.63) is 0 Å². The van der Waals surface area contributed by atoms with Gasteiger partial charge < -0.3 is 25.2 Å². The molecule has 11 heavy (non-hydrogen) atoms. The largest absolute Gasteiger partial charge is 1.00 e. The Hall–Kier alpha value is -0.140. The van der Waals surface area contributed by atoms with Crippen molar-refractivity contribution in [1.82, 2.24) is 0 Å². The van der Waals surface area contributed by atoms with Crippen LogP contribution in [0.5, 0.6) is 0 Å². The van der Waals surface area contributed by atoms with Crippen molar-refractivity contribution in [1.29, 1.82) is 0 Å². The fraction of sp³-hybridized carbons (Fsp3) is 0.500. The van der Waals surface area contributed by atoms with Gasteiger partial charge in [-0.1, -0.05) is 0 Å². The Morgan fingerprint density at radius 1 is 1.18 bits per heavy atom. The molecular formula is C4H5NaO6. The fourth-order valence-electron chi connectivity index (χ4n) is 0.264. The van der Waals surface area contributed by atoms with Gasteiger partial charge in [0.25, 0.3) is 0 Å². The van der Waals surface area contributed by atoms with Crippen molar-refractivity contribution in [3.63, 3.8) is 0 Å². The zero-order chi connectivity index (χ0) is 8.31. The SMILES string of the molecule is O=C([O-])[C@@H](O)[C@H](O)C(=O)O.[Na+]. The topological polar surface area (TPSA) is 118 Å². The van der Waals surface area contributed by atoms with Gasteiger partial charge in [0, 0.05) is 0 Å². The van der Waals surface area contributed by atoms with E-state index in [1.165, 1.54) is 0 Å². The van der Waals surface area contributed by atoms with Crippen LogP contribution in [0.3, 0.4) is 0 Å². The molecule has 0 bridgehead atoms. The van der Waals surface area contributed by atoms with E-state index in [1.807, 2.05) is 0 Å². The van der Waals surface area contributed by atoms with E-state index in [1.54, 1.807) is 0 Å². The van der Waals surface area contributed by atoms with E-state index in [4.69, 9.17) is 15.3 Å². The van der Waals surface area contributed by atoms with E-state index in [-0.39, 0.29) is 29.6 Å². The normalized spacial score (nSPS) is 14.4. The third-order valence-corrected chi connectivity index (χ3v) is 0.794. The summed E-state index contributed by atoms with van der Waals surface area (Å²) in [5.74, 6) is -3.83. The summed E-state index contributed by atoms with van der Waals surface area (Å²) in [6.45, 7) is 0. The molecule has 58 valence electrons. The van der Waals surface area contributed by atoms with Crippen LogP contribution in [-0.2, 0) is 9.59 Å². The summed E-state index contributed by atoms with van der Waals surface area (Å²) in [7, 11) is 0. The van der Waals surface area contributed by atoms with Gasteiger partial charge in [-0.25, -0.2) is 4.79 Å². The summed E-state index contributed by atoms with van der Waals surface area (Å²) in [4.78, 5) is 19.4. The standard InChI is InChI=1S/C4H6O6.Na/c5-1(3(7)8)2(6)4(9)10;/h1-2,5-6H,(H,7,8)(H,9,10);/q;+1/p-1/t1-,2-;/m0./s1. The number of aliphatic hydroxyl groups is 2. The van der Waals surface area contributed by atoms with Gasteiger partial charge in [0.2, 0.25) is 0 Å². The molecule has 0 aromatic heterocycles. The first-order chi connectivity index (χ1) is 4.46. The van der Waals surface area contributed by atoms with Crippen LogP contribution in [0.1, 0.15) is 0 Å². The van der Waals surface area contributed by atoms with E-state index in [9.17, 15) is 14.7 Å². The van der Waals surface area contributed by atoms with Crippen molar-refractivity contribution in [2.75, 3.05) is 0 Å². The zero-order valence-corrected chi connectivity index (χ0v) is 7.72. The van der Waals surface area contributed by atoms with Gasteiger partial charge in [-0.2, -0.15) is 0 Å². The second-order valence-electron chi connectivity index (χ2n) is 1.55. The minimum atomic E-state index is -2.38. The van der Waals surface area contributed by atoms with E-state index in [0.29, 0.717) is 0 Å². The first-order valence-corrected chi connectivity index (χ1v) is 2.26. The minimum absolute atomic E-state index is 0. The number of carboxylic acid groups (broad SMARTS) is 2. The second-order valence-corrected chi connectivity index (χ2v) is 1.55. The number of rotatable bonds is 3. The van der Waals surface area contributed by atoms with Crippen molar-refractivity contribution in [2.24, 2.45) is 0 Å². The summed E-state index contributed by atoms with van der Waals surface area (Å²) in [5.41, 5.74) is 0. The molecule has 2 atom stereocenters. The van der Waals surface area contributed by atoms with Gasteiger partial charge in [0.05, 0.1) is 5.97 Å². The summed E-state index contributed by atoms with van der Waals surface area (Å²) in [6, 6.07) is 0. The van der Waals surface area contributed by atoms with Gasteiger partial charge in [-0.05, 0) is 0 Å². The van der Waals surface area contributed by atoms with Gasteiger partial charge >= 0.3 is 35.5 Å². The molecule has 0 aromatic carbocycles. The Labute approximate surface area is 83.7 Å². The summed E-state index contributed by atoms with van der Waals surface area (Å²) in [5, 5.41) is 34.1. The number of aliphatic carboxylic acids is 2. The minimum Gasteiger partial charge on any atom is -0.547 e. The number of hydrogen-bond acceptors (Lipinski definition) is 5. The summed E-state index contributed by atoms with van der Waals surface area (Å²) < 4.78 is 0. The third kappa shape index (κ3) is 4.33. The molecule has 6 nitrogen and oxygen atoms in total. The molecule has 0 fully saturated rings. The Balaban J connectivity index is 0. The molecular weight excluding hydrogens is 167 g/mol. The van der Waals surface area contributed by atoms with Gasteiger partial charge in [-0.3, -0.25) is 0 Å². The fourth-order valence-corrected chi connectivity index (χ4v) is 0.264. The first-order valence-electron chi connectivity index (χ1n) is 2.26. The van der Waals surface area contributed by atoms with Crippen LogP contribution < -0.4 is 34.7 Å². The Morgan fingerprint density at radius 2 is 1.55 bits per heavy atom. The van der Waals surface area contributed by atoms with E-state index in [0.717, 1.165) is 0 Å². The maximum Gasteiger partial charge on any atom is 1.00 e. The number of hydrogen-bond donors (Lipinski definition) is 3. The van der Waals surface area contributed by atoms with Gasteiger partial charge in [0.1, 0.15) is 6.10 Å². The molecule has 0 aliphatic heterocycles. The monoisotopic (exact) mass is 172 g/mol. The molecule has 0 saturated heterocycles. The van der Waals surface area contributed by atoms with E-state index >= 15 is 0 Å². The molecule has 0 spiro atoms. The quantitative estimate of drug-likeness (QED) is 0.364. The number of carboxylic acids is 2. The maximum atomic E-state index is 9.74. The summed E-state index contributed by atoms with van der Waals surface area (Å²) in [6.07, 6.45) is -4.71. The third-order valence-electron chi connectivity index (χ3n) is 0.794. The maximum absolute atomic E-state index is 9.74. The molecule has 0 unspecified atom stereocenters. The van der Waals surface area contributed by atoms with Gasteiger partial charge in [0.15, 0.2) is 6.10 Å². The average molecular weight is 172 g/mol. The van der Waals surface area contributed by atoms with Crippen LogP contribution in [-0.4, -0.2) is 39.5 Å². The molecule has 0 radical (unpaired) electrons. The molecule has 0 aliphatic carbocycles.